The molecule has 0 atom stereocenters. The van der Waals surface area contributed by atoms with Crippen LogP contribution < -0.4 is 21.1 Å². The minimum Gasteiger partial charge on any atom is -0.406 e. The van der Waals surface area contributed by atoms with Crippen molar-refractivity contribution in [2.24, 2.45) is 0 Å². The monoisotopic (exact) mass is 395 g/mol. The number of anilines is 5. The van der Waals surface area contributed by atoms with Crippen LogP contribution in [0.15, 0.2) is 54.9 Å². The van der Waals surface area contributed by atoms with Gasteiger partial charge in [0.05, 0.1) is 10.7 Å². The number of nitrogen functional groups attached to an aromatic ring is 1. The molecule has 0 unspecified atom stereocenters. The predicted octanol–water partition coefficient (Wildman–Crippen LogP) is 5.10. The topological polar surface area (TPSA) is 85.1 Å². The summed E-state index contributed by atoms with van der Waals surface area (Å²) in [7, 11) is 0. The minimum absolute atomic E-state index is 0.216. The van der Waals surface area contributed by atoms with Gasteiger partial charge in [-0.25, -0.2) is 9.97 Å². The fourth-order valence-corrected chi connectivity index (χ4v) is 2.34. The highest BCUT2D eigenvalue weighted by atomic mass is 35.5. The van der Waals surface area contributed by atoms with Gasteiger partial charge >= 0.3 is 6.36 Å². The molecule has 2 aromatic carbocycles. The highest BCUT2D eigenvalue weighted by Gasteiger charge is 2.30. The van der Waals surface area contributed by atoms with Crippen LogP contribution in [0.2, 0.25) is 5.02 Å². The molecule has 0 fully saturated rings. The Balaban J connectivity index is 1.77. The molecule has 3 aromatic rings. The lowest BCUT2D eigenvalue weighted by atomic mass is 10.3. The molecule has 1 heterocycles. The van der Waals surface area contributed by atoms with E-state index >= 15 is 0 Å². The Kier molecular flexibility index (Phi) is 5.22. The largest absolute Gasteiger partial charge is 0.573 e. The second-order valence-corrected chi connectivity index (χ2v) is 5.69. The van der Waals surface area contributed by atoms with E-state index in [2.05, 4.69) is 25.3 Å². The van der Waals surface area contributed by atoms with Gasteiger partial charge in [0.15, 0.2) is 11.6 Å². The summed E-state index contributed by atoms with van der Waals surface area (Å²) >= 11 is 6.10. The Morgan fingerprint density at radius 3 is 2.19 bits per heavy atom. The lowest BCUT2D eigenvalue weighted by molar-refractivity contribution is -0.274. The maximum atomic E-state index is 12.2. The van der Waals surface area contributed by atoms with Gasteiger partial charge in [-0.3, -0.25) is 0 Å². The fourth-order valence-electron chi connectivity index (χ4n) is 2.16. The van der Waals surface area contributed by atoms with Crippen LogP contribution in [-0.2, 0) is 0 Å². The summed E-state index contributed by atoms with van der Waals surface area (Å²) in [5.41, 5.74) is 7.38. The third-order valence-electron chi connectivity index (χ3n) is 3.36. The smallest absolute Gasteiger partial charge is 0.406 e. The molecule has 0 bridgehead atoms. The van der Waals surface area contributed by atoms with E-state index in [0.29, 0.717) is 22.2 Å². The van der Waals surface area contributed by atoms with Gasteiger partial charge in [-0.05, 0) is 36.4 Å². The van der Waals surface area contributed by atoms with E-state index in [1.807, 2.05) is 0 Å². The first kappa shape index (κ1) is 18.6. The Hall–Kier alpha value is -3.20. The average Bonchev–Trinajstić information content (AvgIpc) is 2.61. The lowest BCUT2D eigenvalue weighted by Gasteiger charge is -2.14. The van der Waals surface area contributed by atoms with Crippen molar-refractivity contribution in [1.29, 1.82) is 0 Å². The zero-order chi connectivity index (χ0) is 19.4. The number of halogens is 4. The molecule has 27 heavy (non-hydrogen) atoms. The van der Waals surface area contributed by atoms with Crippen molar-refractivity contribution in [3.63, 3.8) is 0 Å². The molecular weight excluding hydrogens is 383 g/mol. The maximum Gasteiger partial charge on any atom is 0.573 e. The Morgan fingerprint density at radius 2 is 1.56 bits per heavy atom. The molecule has 0 saturated carbocycles. The quantitative estimate of drug-likeness (QED) is 0.557. The standard InChI is InChI=1S/C17H13ClF3N5O/c18-12-3-1-2-4-13(12)26-16-14(22)15(23-9-24-16)25-10-5-7-11(8-6-10)27-17(19,20)21/h1-9H,22H2,(H2,23,24,25,26). The van der Waals surface area contributed by atoms with Crippen LogP contribution in [0.3, 0.4) is 0 Å². The molecule has 140 valence electrons. The third kappa shape index (κ3) is 4.91. The summed E-state index contributed by atoms with van der Waals surface area (Å²) in [6, 6.07) is 12.2. The van der Waals surface area contributed by atoms with Crippen LogP contribution in [0.5, 0.6) is 5.75 Å². The van der Waals surface area contributed by atoms with E-state index in [-0.39, 0.29) is 17.3 Å². The number of ether oxygens (including phenoxy) is 1. The van der Waals surface area contributed by atoms with Gasteiger partial charge in [0.1, 0.15) is 17.8 Å². The molecule has 0 amide bonds. The minimum atomic E-state index is -4.74. The van der Waals surface area contributed by atoms with Crippen molar-refractivity contribution in [2.45, 2.75) is 6.36 Å². The number of nitrogens with zero attached hydrogens (tertiary/aromatic N) is 2. The van der Waals surface area contributed by atoms with Crippen LogP contribution in [0, 0.1) is 0 Å². The van der Waals surface area contributed by atoms with Crippen molar-refractivity contribution in [1.82, 2.24) is 9.97 Å². The first-order chi connectivity index (χ1) is 12.8. The van der Waals surface area contributed by atoms with Gasteiger partial charge in [0.25, 0.3) is 0 Å². The molecule has 0 spiro atoms. The molecule has 4 N–H and O–H groups in total. The van der Waals surface area contributed by atoms with Crippen molar-refractivity contribution >= 4 is 40.3 Å². The summed E-state index contributed by atoms with van der Waals surface area (Å²) in [6.07, 6.45) is -3.45. The second-order valence-electron chi connectivity index (χ2n) is 5.29. The van der Waals surface area contributed by atoms with Crippen molar-refractivity contribution in [3.8, 4) is 5.75 Å². The molecular formula is C17H13ClF3N5O. The molecule has 0 aliphatic heterocycles. The SMILES string of the molecule is Nc1c(Nc2ccc(OC(F)(F)F)cc2)ncnc1Nc1ccccc1Cl. The number of para-hydroxylation sites is 1. The van der Waals surface area contributed by atoms with Crippen LogP contribution in [0.1, 0.15) is 0 Å². The molecule has 3 rings (SSSR count). The molecule has 6 nitrogen and oxygen atoms in total. The zero-order valence-electron chi connectivity index (χ0n) is 13.6. The first-order valence-corrected chi connectivity index (χ1v) is 7.94. The Morgan fingerprint density at radius 1 is 0.926 bits per heavy atom. The van der Waals surface area contributed by atoms with Crippen LogP contribution in [-0.4, -0.2) is 16.3 Å². The zero-order valence-corrected chi connectivity index (χ0v) is 14.3. The van der Waals surface area contributed by atoms with E-state index in [1.54, 1.807) is 24.3 Å². The highest BCUT2D eigenvalue weighted by molar-refractivity contribution is 6.33. The molecule has 0 aliphatic rings. The summed E-state index contributed by atoms with van der Waals surface area (Å²) in [5.74, 6) is 0.284. The van der Waals surface area contributed by atoms with Gasteiger partial charge in [0.2, 0.25) is 0 Å². The van der Waals surface area contributed by atoms with E-state index in [0.717, 1.165) is 0 Å². The molecule has 0 radical (unpaired) electrons. The van der Waals surface area contributed by atoms with Gasteiger partial charge < -0.3 is 21.1 Å². The number of hydrogen-bond donors (Lipinski definition) is 3. The number of alkyl halides is 3. The number of benzene rings is 2. The maximum absolute atomic E-state index is 12.2. The average molecular weight is 396 g/mol. The lowest BCUT2D eigenvalue weighted by Crippen LogP contribution is -2.17. The van der Waals surface area contributed by atoms with Gasteiger partial charge in [0, 0.05) is 5.69 Å². The highest BCUT2D eigenvalue weighted by Crippen LogP contribution is 2.31. The summed E-state index contributed by atoms with van der Waals surface area (Å²) < 4.78 is 40.4. The van der Waals surface area contributed by atoms with Gasteiger partial charge in [-0.2, -0.15) is 0 Å². The first-order valence-electron chi connectivity index (χ1n) is 7.57. The molecule has 10 heteroatoms. The van der Waals surface area contributed by atoms with Crippen LogP contribution in [0.25, 0.3) is 0 Å². The number of hydrogen-bond acceptors (Lipinski definition) is 6. The van der Waals surface area contributed by atoms with Crippen LogP contribution in [0.4, 0.5) is 41.9 Å². The Labute approximate surface area is 157 Å². The van der Waals surface area contributed by atoms with Crippen molar-refractivity contribution < 1.29 is 17.9 Å². The van der Waals surface area contributed by atoms with E-state index < -0.39 is 6.36 Å². The van der Waals surface area contributed by atoms with E-state index in [9.17, 15) is 13.2 Å². The molecule has 0 saturated heterocycles. The summed E-state index contributed by atoms with van der Waals surface area (Å²) in [4.78, 5) is 8.13. The van der Waals surface area contributed by atoms with E-state index in [1.165, 1.54) is 30.6 Å². The number of nitrogens with one attached hydrogen (secondary N) is 2. The number of rotatable bonds is 5. The van der Waals surface area contributed by atoms with Crippen LogP contribution >= 0.6 is 11.6 Å². The fraction of sp³-hybridized carbons (Fsp3) is 0.0588. The van der Waals surface area contributed by atoms with Crippen molar-refractivity contribution in [3.05, 3.63) is 59.9 Å². The summed E-state index contributed by atoms with van der Waals surface area (Å²) in [6.45, 7) is 0. The Bertz CT molecular complexity index is 935. The normalized spacial score (nSPS) is 11.1. The molecule has 0 aliphatic carbocycles. The number of nitrogens with two attached hydrogens (primary N) is 1. The van der Waals surface area contributed by atoms with Gasteiger partial charge in [-0.1, -0.05) is 23.7 Å². The summed E-state index contributed by atoms with van der Waals surface area (Å²) in [5, 5.41) is 6.42. The third-order valence-corrected chi connectivity index (χ3v) is 3.69. The molecule has 1 aromatic heterocycles. The van der Waals surface area contributed by atoms with Crippen molar-refractivity contribution in [2.75, 3.05) is 16.4 Å². The predicted molar refractivity (Wildman–Crippen MR) is 97.6 cm³/mol. The van der Waals surface area contributed by atoms with E-state index in [4.69, 9.17) is 17.3 Å². The number of aromatic nitrogens is 2. The second kappa shape index (κ2) is 7.58. The van der Waals surface area contributed by atoms with Gasteiger partial charge in [-0.15, -0.1) is 13.2 Å².